The number of hydrogen-bond donors (Lipinski definition) is 0. The van der Waals surface area contributed by atoms with Gasteiger partial charge in [-0.1, -0.05) is 36.4 Å². The van der Waals surface area contributed by atoms with Crippen LogP contribution in [0.1, 0.15) is 23.6 Å². The summed E-state index contributed by atoms with van der Waals surface area (Å²) in [5.41, 5.74) is 3.51. The summed E-state index contributed by atoms with van der Waals surface area (Å²) >= 11 is 0. The van der Waals surface area contributed by atoms with Gasteiger partial charge in [0.1, 0.15) is 5.75 Å². The van der Waals surface area contributed by atoms with Crippen molar-refractivity contribution in [1.82, 2.24) is 9.80 Å². The fourth-order valence-electron chi connectivity index (χ4n) is 3.56. The summed E-state index contributed by atoms with van der Waals surface area (Å²) in [6, 6.07) is 16.2. The maximum Gasteiger partial charge on any atom is 0.261 e. The zero-order chi connectivity index (χ0) is 20.6. The Hall–Kier alpha value is -2.37. The van der Waals surface area contributed by atoms with Crippen molar-refractivity contribution in [3.05, 3.63) is 65.2 Å². The second-order valence-corrected chi connectivity index (χ2v) is 7.80. The minimum atomic E-state index is 0.00726. The minimum Gasteiger partial charge on any atom is -0.484 e. The van der Waals surface area contributed by atoms with Crippen molar-refractivity contribution in [2.75, 3.05) is 39.5 Å². The minimum absolute atomic E-state index is 0.00726. The molecule has 1 fully saturated rings. The molecule has 0 bridgehead atoms. The summed E-state index contributed by atoms with van der Waals surface area (Å²) in [7, 11) is 0. The SMILES string of the molecule is Cc1ccc(OCC(=O)N(Cc2ccccc2)C(C)CN2CCOCC2)cc1C. The number of rotatable bonds is 8. The molecule has 1 aliphatic heterocycles. The summed E-state index contributed by atoms with van der Waals surface area (Å²) in [5, 5.41) is 0. The fraction of sp³-hybridized carbons (Fsp3) is 0.458. The molecule has 0 spiro atoms. The van der Waals surface area contributed by atoms with Crippen molar-refractivity contribution in [3.8, 4) is 5.75 Å². The first-order chi connectivity index (χ1) is 14.0. The first-order valence-corrected chi connectivity index (χ1v) is 10.4. The van der Waals surface area contributed by atoms with Gasteiger partial charge in [0.2, 0.25) is 0 Å². The van der Waals surface area contributed by atoms with Crippen LogP contribution in [-0.4, -0.2) is 61.2 Å². The molecular weight excluding hydrogens is 364 g/mol. The van der Waals surface area contributed by atoms with Gasteiger partial charge in [0.15, 0.2) is 6.61 Å². The first kappa shape index (κ1) is 21.3. The Balaban J connectivity index is 1.66. The molecule has 2 aromatic rings. The topological polar surface area (TPSA) is 42.0 Å². The summed E-state index contributed by atoms with van der Waals surface area (Å²) in [5.74, 6) is 0.745. The third-order valence-electron chi connectivity index (χ3n) is 5.51. The molecule has 3 rings (SSSR count). The normalized spacial score (nSPS) is 15.7. The lowest BCUT2D eigenvalue weighted by molar-refractivity contribution is -0.136. The maximum absolute atomic E-state index is 13.1. The predicted octanol–water partition coefficient (Wildman–Crippen LogP) is 3.43. The number of nitrogens with zero attached hydrogens (tertiary/aromatic N) is 2. The van der Waals surface area contributed by atoms with Crippen LogP contribution in [0.25, 0.3) is 0 Å². The van der Waals surface area contributed by atoms with E-state index >= 15 is 0 Å². The van der Waals surface area contributed by atoms with E-state index in [4.69, 9.17) is 9.47 Å². The highest BCUT2D eigenvalue weighted by Crippen LogP contribution is 2.17. The van der Waals surface area contributed by atoms with Gasteiger partial charge in [-0.25, -0.2) is 0 Å². The highest BCUT2D eigenvalue weighted by Gasteiger charge is 2.24. The van der Waals surface area contributed by atoms with Crippen LogP contribution in [0.3, 0.4) is 0 Å². The van der Waals surface area contributed by atoms with Crippen LogP contribution in [0.5, 0.6) is 5.75 Å². The third kappa shape index (κ3) is 6.31. The highest BCUT2D eigenvalue weighted by molar-refractivity contribution is 5.78. The number of amides is 1. The number of hydrogen-bond acceptors (Lipinski definition) is 4. The molecule has 1 aliphatic rings. The average molecular weight is 397 g/mol. The van der Waals surface area contributed by atoms with Gasteiger partial charge in [0, 0.05) is 32.2 Å². The lowest BCUT2D eigenvalue weighted by Gasteiger charge is -2.35. The molecule has 5 nitrogen and oxygen atoms in total. The van der Waals surface area contributed by atoms with Crippen LogP contribution in [-0.2, 0) is 16.1 Å². The maximum atomic E-state index is 13.1. The van der Waals surface area contributed by atoms with E-state index in [0.717, 1.165) is 49.7 Å². The number of morpholine rings is 1. The van der Waals surface area contributed by atoms with Gasteiger partial charge < -0.3 is 14.4 Å². The van der Waals surface area contributed by atoms with Crippen LogP contribution in [0.4, 0.5) is 0 Å². The van der Waals surface area contributed by atoms with Gasteiger partial charge in [0.25, 0.3) is 5.91 Å². The number of carbonyl (C=O) groups excluding carboxylic acids is 1. The number of benzene rings is 2. The Morgan fingerprint density at radius 2 is 1.83 bits per heavy atom. The molecule has 1 unspecified atom stereocenters. The number of ether oxygens (including phenoxy) is 2. The number of carbonyl (C=O) groups is 1. The van der Waals surface area contributed by atoms with Crippen LogP contribution in [0, 0.1) is 13.8 Å². The van der Waals surface area contributed by atoms with Gasteiger partial charge in [0.05, 0.1) is 13.2 Å². The van der Waals surface area contributed by atoms with Crippen LogP contribution in [0.2, 0.25) is 0 Å². The Bertz CT molecular complexity index is 788. The fourth-order valence-corrected chi connectivity index (χ4v) is 3.56. The van der Waals surface area contributed by atoms with Crippen molar-refractivity contribution in [2.45, 2.75) is 33.4 Å². The molecule has 1 heterocycles. The van der Waals surface area contributed by atoms with Crippen molar-refractivity contribution in [1.29, 1.82) is 0 Å². The smallest absolute Gasteiger partial charge is 0.261 e. The Kier molecular flexibility index (Phi) is 7.67. The molecule has 5 heteroatoms. The molecule has 0 radical (unpaired) electrons. The first-order valence-electron chi connectivity index (χ1n) is 10.4. The molecule has 2 aromatic carbocycles. The largest absolute Gasteiger partial charge is 0.484 e. The van der Waals surface area contributed by atoms with E-state index in [2.05, 4.69) is 37.8 Å². The van der Waals surface area contributed by atoms with E-state index in [1.165, 1.54) is 5.56 Å². The van der Waals surface area contributed by atoms with Gasteiger partial charge >= 0.3 is 0 Å². The standard InChI is InChI=1S/C24H32N2O3/c1-19-9-10-23(15-20(19)2)29-18-24(27)26(17-22-7-5-4-6-8-22)21(3)16-25-11-13-28-14-12-25/h4-10,15,21H,11-14,16-18H2,1-3H3. The molecule has 1 amide bonds. The molecule has 1 saturated heterocycles. The molecular formula is C24H32N2O3. The van der Waals surface area contributed by atoms with Crippen molar-refractivity contribution < 1.29 is 14.3 Å². The number of aryl methyl sites for hydroxylation is 2. The molecule has 156 valence electrons. The average Bonchev–Trinajstić information content (AvgIpc) is 2.74. The van der Waals surface area contributed by atoms with Crippen LogP contribution in [0.15, 0.2) is 48.5 Å². The van der Waals surface area contributed by atoms with E-state index in [1.54, 1.807) is 0 Å². The highest BCUT2D eigenvalue weighted by atomic mass is 16.5. The van der Waals surface area contributed by atoms with Gasteiger partial charge in [-0.2, -0.15) is 0 Å². The summed E-state index contributed by atoms with van der Waals surface area (Å²) in [6.07, 6.45) is 0. The molecule has 29 heavy (non-hydrogen) atoms. The second kappa shape index (κ2) is 10.4. The Morgan fingerprint density at radius 3 is 2.52 bits per heavy atom. The van der Waals surface area contributed by atoms with E-state index in [0.29, 0.717) is 6.54 Å². The van der Waals surface area contributed by atoms with Gasteiger partial charge in [-0.3, -0.25) is 9.69 Å². The molecule has 0 N–H and O–H groups in total. The van der Waals surface area contributed by atoms with Gasteiger partial charge in [-0.15, -0.1) is 0 Å². The monoisotopic (exact) mass is 396 g/mol. The summed E-state index contributed by atoms with van der Waals surface area (Å²) < 4.78 is 11.3. The molecule has 0 saturated carbocycles. The summed E-state index contributed by atoms with van der Waals surface area (Å²) in [4.78, 5) is 17.4. The predicted molar refractivity (Wildman–Crippen MR) is 115 cm³/mol. The summed E-state index contributed by atoms with van der Waals surface area (Å²) in [6.45, 7) is 11.1. The Labute approximate surface area is 174 Å². The third-order valence-corrected chi connectivity index (χ3v) is 5.51. The Morgan fingerprint density at radius 1 is 1.10 bits per heavy atom. The van der Waals surface area contributed by atoms with Crippen molar-refractivity contribution >= 4 is 5.91 Å². The van der Waals surface area contributed by atoms with Crippen molar-refractivity contribution in [3.63, 3.8) is 0 Å². The molecule has 1 atom stereocenters. The van der Waals surface area contributed by atoms with E-state index < -0.39 is 0 Å². The second-order valence-electron chi connectivity index (χ2n) is 7.80. The van der Waals surface area contributed by atoms with Crippen LogP contribution >= 0.6 is 0 Å². The quantitative estimate of drug-likeness (QED) is 0.686. The zero-order valence-corrected chi connectivity index (χ0v) is 17.8. The van der Waals surface area contributed by atoms with Crippen LogP contribution < -0.4 is 4.74 Å². The lowest BCUT2D eigenvalue weighted by atomic mass is 10.1. The molecule has 0 aromatic heterocycles. The van der Waals surface area contributed by atoms with E-state index in [1.807, 2.05) is 41.3 Å². The van der Waals surface area contributed by atoms with Gasteiger partial charge in [-0.05, 0) is 49.6 Å². The lowest BCUT2D eigenvalue weighted by Crippen LogP contribution is -2.49. The van der Waals surface area contributed by atoms with E-state index in [-0.39, 0.29) is 18.6 Å². The zero-order valence-electron chi connectivity index (χ0n) is 17.8. The molecule has 0 aliphatic carbocycles. The van der Waals surface area contributed by atoms with Crippen molar-refractivity contribution in [2.24, 2.45) is 0 Å². The van der Waals surface area contributed by atoms with E-state index in [9.17, 15) is 4.79 Å².